The molecule has 4 atom stereocenters. The molecule has 86 valence electrons. The van der Waals surface area contributed by atoms with Crippen molar-refractivity contribution in [3.63, 3.8) is 0 Å². The van der Waals surface area contributed by atoms with Crippen molar-refractivity contribution in [2.45, 2.75) is 43.7 Å². The summed E-state index contributed by atoms with van der Waals surface area (Å²) in [5.41, 5.74) is 0. The average Bonchev–Trinajstić information content (AvgIpc) is 3.10. The molecule has 0 spiro atoms. The van der Waals surface area contributed by atoms with Crippen LogP contribution < -0.4 is 0 Å². The summed E-state index contributed by atoms with van der Waals surface area (Å²) in [6.45, 7) is 3.26. The second-order valence-corrected chi connectivity index (χ2v) is 4.59. The van der Waals surface area contributed by atoms with E-state index in [-0.39, 0.29) is 0 Å². The highest BCUT2D eigenvalue weighted by molar-refractivity contribution is 4.90. The Balaban J connectivity index is 0.000000104. The van der Waals surface area contributed by atoms with Gasteiger partial charge in [0.1, 0.15) is 12.2 Å². The van der Waals surface area contributed by atoms with Crippen LogP contribution >= 0.6 is 0 Å². The second-order valence-electron chi connectivity index (χ2n) is 4.59. The average molecular weight is 214 g/mol. The minimum Gasteiger partial charge on any atom is -0.376 e. The highest BCUT2D eigenvalue weighted by Crippen LogP contribution is 2.37. The Bertz CT molecular complexity index is 193. The maximum absolute atomic E-state index is 5.23. The van der Waals surface area contributed by atoms with Gasteiger partial charge in [0.25, 0.3) is 0 Å². The number of epoxide rings is 3. The van der Waals surface area contributed by atoms with E-state index in [1.54, 1.807) is 0 Å². The molecule has 0 N–H and O–H groups in total. The third-order valence-electron chi connectivity index (χ3n) is 3.08. The van der Waals surface area contributed by atoms with Crippen LogP contribution in [-0.2, 0) is 18.9 Å². The van der Waals surface area contributed by atoms with Crippen LogP contribution in [0.25, 0.3) is 0 Å². The molecule has 4 nitrogen and oxygen atoms in total. The van der Waals surface area contributed by atoms with Gasteiger partial charge in [-0.15, -0.1) is 0 Å². The minimum atomic E-state index is 0.392. The van der Waals surface area contributed by atoms with Gasteiger partial charge in [-0.2, -0.15) is 0 Å². The number of rotatable bonds is 4. The zero-order valence-electron chi connectivity index (χ0n) is 8.89. The first-order valence-electron chi connectivity index (χ1n) is 5.88. The number of fused-ring (bicyclic) bond motifs is 1. The molecule has 4 fully saturated rings. The molecule has 0 aromatic rings. The monoisotopic (exact) mass is 214 g/mol. The van der Waals surface area contributed by atoms with Crippen molar-refractivity contribution in [1.82, 2.24) is 0 Å². The summed E-state index contributed by atoms with van der Waals surface area (Å²) in [6, 6.07) is 0. The zero-order valence-corrected chi connectivity index (χ0v) is 8.89. The topological polar surface area (TPSA) is 46.8 Å². The van der Waals surface area contributed by atoms with E-state index in [0.717, 1.165) is 26.4 Å². The fourth-order valence-electron chi connectivity index (χ4n) is 1.87. The molecule has 0 bridgehead atoms. The van der Waals surface area contributed by atoms with E-state index < -0.39 is 0 Å². The van der Waals surface area contributed by atoms with Gasteiger partial charge < -0.3 is 18.9 Å². The molecular formula is C11H18O4. The molecular weight excluding hydrogens is 196 g/mol. The molecule has 0 aromatic carbocycles. The van der Waals surface area contributed by atoms with Crippen LogP contribution in [0, 0.1) is 0 Å². The van der Waals surface area contributed by atoms with Gasteiger partial charge in [-0.3, -0.25) is 0 Å². The largest absolute Gasteiger partial charge is 0.376 e. The van der Waals surface area contributed by atoms with E-state index in [0.29, 0.717) is 24.4 Å². The Morgan fingerprint density at radius 2 is 1.47 bits per heavy atom. The van der Waals surface area contributed by atoms with Crippen LogP contribution in [0.1, 0.15) is 19.3 Å². The second kappa shape index (κ2) is 4.37. The summed E-state index contributed by atoms with van der Waals surface area (Å²) in [5.74, 6) is 0. The van der Waals surface area contributed by atoms with Crippen LogP contribution in [0.15, 0.2) is 0 Å². The molecule has 4 heteroatoms. The molecule has 3 saturated heterocycles. The number of hydrogen-bond donors (Lipinski definition) is 0. The van der Waals surface area contributed by atoms with Crippen molar-refractivity contribution in [2.24, 2.45) is 0 Å². The first-order chi connectivity index (χ1) is 7.42. The summed E-state index contributed by atoms with van der Waals surface area (Å²) in [7, 11) is 0. The van der Waals surface area contributed by atoms with Gasteiger partial charge >= 0.3 is 0 Å². The molecule has 1 saturated carbocycles. The predicted octanol–water partition coefficient (Wildman–Crippen LogP) is 0.738. The first kappa shape index (κ1) is 10.0. The van der Waals surface area contributed by atoms with Crippen LogP contribution in [0.3, 0.4) is 0 Å². The minimum absolute atomic E-state index is 0.392. The third kappa shape index (κ3) is 3.41. The zero-order chi connectivity index (χ0) is 10.1. The highest BCUT2D eigenvalue weighted by Gasteiger charge is 2.42. The van der Waals surface area contributed by atoms with Crippen LogP contribution in [0.4, 0.5) is 0 Å². The maximum atomic E-state index is 5.23. The Labute approximate surface area is 89.8 Å². The molecule has 0 amide bonds. The van der Waals surface area contributed by atoms with Crippen molar-refractivity contribution >= 4 is 0 Å². The smallest absolute Gasteiger partial charge is 0.104 e. The summed E-state index contributed by atoms with van der Waals surface area (Å²) in [4.78, 5) is 0. The lowest BCUT2D eigenvalue weighted by Crippen LogP contribution is -2.06. The quantitative estimate of drug-likeness (QED) is 0.647. The lowest BCUT2D eigenvalue weighted by molar-refractivity contribution is 0.102. The van der Waals surface area contributed by atoms with E-state index >= 15 is 0 Å². The summed E-state index contributed by atoms with van der Waals surface area (Å²) in [5, 5.41) is 0. The van der Waals surface area contributed by atoms with Crippen molar-refractivity contribution in [2.75, 3.05) is 26.4 Å². The summed E-state index contributed by atoms with van der Waals surface area (Å²) >= 11 is 0. The Morgan fingerprint density at radius 1 is 0.933 bits per heavy atom. The molecule has 15 heavy (non-hydrogen) atoms. The van der Waals surface area contributed by atoms with E-state index in [1.165, 1.54) is 19.3 Å². The van der Waals surface area contributed by atoms with E-state index in [4.69, 9.17) is 18.9 Å². The molecule has 4 unspecified atom stereocenters. The van der Waals surface area contributed by atoms with E-state index in [1.807, 2.05) is 0 Å². The fourth-order valence-corrected chi connectivity index (χ4v) is 1.87. The van der Waals surface area contributed by atoms with Gasteiger partial charge in [0.2, 0.25) is 0 Å². The standard InChI is InChI=1S/C6H10O3.C5H8O/c1(5-3-8-5)7-2-6-4-9-6;1-2-4-5(3-1)6-4/h5-6H,1-4H2;4-5H,1-3H2. The highest BCUT2D eigenvalue weighted by atomic mass is 16.6. The van der Waals surface area contributed by atoms with E-state index in [9.17, 15) is 0 Å². The summed E-state index contributed by atoms with van der Waals surface area (Å²) in [6.07, 6.45) is 6.30. The van der Waals surface area contributed by atoms with Crippen LogP contribution in [-0.4, -0.2) is 50.8 Å². The van der Waals surface area contributed by atoms with Crippen LogP contribution in [0.2, 0.25) is 0 Å². The Morgan fingerprint density at radius 3 is 1.73 bits per heavy atom. The Kier molecular flexibility index (Phi) is 2.92. The van der Waals surface area contributed by atoms with Gasteiger partial charge in [-0.25, -0.2) is 0 Å². The molecule has 0 aromatic heterocycles. The van der Waals surface area contributed by atoms with Crippen molar-refractivity contribution in [3.8, 4) is 0 Å². The SMILES string of the molecule is C(OCC1CO1)C1CO1.C1CC2OC2C1. The predicted molar refractivity (Wildman–Crippen MR) is 52.8 cm³/mol. The number of ether oxygens (including phenoxy) is 4. The van der Waals surface area contributed by atoms with Crippen molar-refractivity contribution in [3.05, 3.63) is 0 Å². The van der Waals surface area contributed by atoms with Gasteiger partial charge in [0.05, 0.1) is 38.6 Å². The molecule has 1 aliphatic carbocycles. The van der Waals surface area contributed by atoms with Crippen LogP contribution in [0.5, 0.6) is 0 Å². The lowest BCUT2D eigenvalue weighted by Gasteiger charge is -1.95. The van der Waals surface area contributed by atoms with Gasteiger partial charge in [0, 0.05) is 0 Å². The van der Waals surface area contributed by atoms with Gasteiger partial charge in [-0.1, -0.05) is 0 Å². The molecule has 3 aliphatic heterocycles. The van der Waals surface area contributed by atoms with Crippen molar-refractivity contribution < 1.29 is 18.9 Å². The third-order valence-corrected chi connectivity index (χ3v) is 3.08. The summed E-state index contributed by atoms with van der Waals surface area (Å²) < 4.78 is 20.3. The van der Waals surface area contributed by atoms with Gasteiger partial charge in [-0.05, 0) is 19.3 Å². The first-order valence-corrected chi connectivity index (χ1v) is 5.88. The molecule has 4 rings (SSSR count). The fraction of sp³-hybridized carbons (Fsp3) is 1.00. The maximum Gasteiger partial charge on any atom is 0.104 e. The number of hydrogen-bond acceptors (Lipinski definition) is 4. The Hall–Kier alpha value is -0.160. The van der Waals surface area contributed by atoms with Gasteiger partial charge in [0.15, 0.2) is 0 Å². The lowest BCUT2D eigenvalue weighted by atomic mass is 10.4. The molecule has 4 aliphatic rings. The van der Waals surface area contributed by atoms with Crippen molar-refractivity contribution in [1.29, 1.82) is 0 Å². The molecule has 0 radical (unpaired) electrons. The molecule has 3 heterocycles. The normalized spacial score (nSPS) is 44.0. The van der Waals surface area contributed by atoms with E-state index in [2.05, 4.69) is 0 Å².